The molecule has 7 heteroatoms. The van der Waals surface area contributed by atoms with Crippen LogP contribution in [0.15, 0.2) is 137 Å². The molecule has 1 heterocycles. The number of phenolic OH excluding ortho intramolecular Hbond substituents is 2. The first-order valence-corrected chi connectivity index (χ1v) is 19.8. The molecule has 5 aromatic carbocycles. The summed E-state index contributed by atoms with van der Waals surface area (Å²) in [5.74, 6) is -0.318. The molecule has 0 amide bonds. The molecule has 0 unspecified atom stereocenters. The van der Waals surface area contributed by atoms with Crippen LogP contribution in [0.4, 0.5) is 0 Å². The van der Waals surface area contributed by atoms with E-state index in [-0.39, 0.29) is 28.2 Å². The number of hydrogen-bond donors (Lipinski definition) is 2. The predicted molar refractivity (Wildman–Crippen MR) is 194 cm³/mol. The summed E-state index contributed by atoms with van der Waals surface area (Å²) in [6, 6.07) is 43.1. The molecule has 0 radical (unpaired) electrons. The molecule has 0 fully saturated rings. The second-order valence-electron chi connectivity index (χ2n) is 11.5. The van der Waals surface area contributed by atoms with Gasteiger partial charge in [0.15, 0.2) is 5.75 Å². The fourth-order valence-corrected chi connectivity index (χ4v) is 14.2. The van der Waals surface area contributed by atoms with E-state index in [0.29, 0.717) is 5.76 Å². The van der Waals surface area contributed by atoms with Gasteiger partial charge in [-0.2, -0.15) is 0 Å². The number of ether oxygens (including phenoxy) is 1. The van der Waals surface area contributed by atoms with Gasteiger partial charge < -0.3 is 14.9 Å². The van der Waals surface area contributed by atoms with Crippen LogP contribution in [0.25, 0.3) is 22.3 Å². The van der Waals surface area contributed by atoms with Crippen molar-refractivity contribution in [2.24, 2.45) is 0 Å². The van der Waals surface area contributed by atoms with Gasteiger partial charge in [0, 0.05) is 6.07 Å². The number of aryl methyl sites for hydroxylation is 1. The van der Waals surface area contributed by atoms with Crippen LogP contribution in [-0.2, 0) is 6.42 Å². The van der Waals surface area contributed by atoms with Crippen molar-refractivity contribution in [1.82, 2.24) is 0 Å². The normalized spacial score (nSPS) is 12.4. The Morgan fingerprint density at radius 1 is 0.696 bits per heavy atom. The summed E-state index contributed by atoms with van der Waals surface area (Å²) in [6.45, 7) is 0. The molecule has 1 aromatic heterocycles. The third kappa shape index (κ3) is 5.72. The van der Waals surface area contributed by atoms with Gasteiger partial charge in [-0.1, -0.05) is 0 Å². The zero-order valence-corrected chi connectivity index (χ0v) is 28.1. The monoisotopic (exact) mass is 694 g/mol. The minimum absolute atomic E-state index is 0.00678. The van der Waals surface area contributed by atoms with Gasteiger partial charge in [-0.05, 0) is 0 Å². The molecule has 0 aliphatic heterocycles. The number of fused-ring (bicyclic) bond motifs is 1. The fourth-order valence-electron chi connectivity index (χ4n) is 6.42. The number of methoxy groups -OCH3 is 1. The molecule has 0 aliphatic rings. The van der Waals surface area contributed by atoms with E-state index in [1.807, 2.05) is 12.1 Å². The molecule has 0 saturated carbocycles. The molecule has 0 saturated heterocycles. The van der Waals surface area contributed by atoms with Crippen molar-refractivity contribution in [1.29, 1.82) is 0 Å². The number of rotatable bonds is 11. The van der Waals surface area contributed by atoms with Gasteiger partial charge in [-0.15, -0.1) is 0 Å². The Hall–Kier alpha value is -4.38. The number of phenols is 2. The van der Waals surface area contributed by atoms with E-state index in [1.54, 1.807) is 0 Å². The quantitative estimate of drug-likeness (QED) is 0.105. The molecule has 0 spiro atoms. The van der Waals surface area contributed by atoms with Gasteiger partial charge in [0.05, 0.1) is 7.11 Å². The molecule has 234 valence electrons. The number of aromatic hydroxyl groups is 2. The molecule has 6 rings (SSSR count). The first-order chi connectivity index (χ1) is 22.3. The summed E-state index contributed by atoms with van der Waals surface area (Å²) in [6.07, 6.45) is 5.11. The summed E-state index contributed by atoms with van der Waals surface area (Å²) >= 11 is 4.55. The summed E-state index contributed by atoms with van der Waals surface area (Å²) in [5, 5.41) is 21.5. The van der Waals surface area contributed by atoms with Crippen molar-refractivity contribution in [2.45, 2.75) is 25.7 Å². The van der Waals surface area contributed by atoms with E-state index in [1.165, 1.54) is 34.7 Å². The van der Waals surface area contributed by atoms with E-state index in [2.05, 4.69) is 119 Å². The Bertz CT molecular complexity index is 1910. The van der Waals surface area contributed by atoms with E-state index >= 15 is 0 Å². The maximum absolute atomic E-state index is 12.8. The first kappa shape index (κ1) is 31.6. The molecular weight excluding hydrogens is 659 g/mol. The van der Waals surface area contributed by atoms with E-state index in [4.69, 9.17) is 9.15 Å². The summed E-state index contributed by atoms with van der Waals surface area (Å²) < 4.78 is 11.2. The molecular formula is C39H36BrO5P. The van der Waals surface area contributed by atoms with Crippen molar-refractivity contribution in [2.75, 3.05) is 13.3 Å². The SMILES string of the molecule is COc1c(O)cc(O)c2c(=O)cc(-c3ccc(CCCCCP(Br)(c4ccccc4)(c4ccccc4)c4ccccc4)cc3)oc12. The van der Waals surface area contributed by atoms with Gasteiger partial charge in [0.2, 0.25) is 5.75 Å². The van der Waals surface area contributed by atoms with Crippen LogP contribution in [0.1, 0.15) is 24.8 Å². The minimum atomic E-state index is -2.92. The van der Waals surface area contributed by atoms with E-state index < -0.39 is 10.7 Å². The maximum atomic E-state index is 12.8. The molecule has 46 heavy (non-hydrogen) atoms. The number of unbranched alkanes of at least 4 members (excludes halogenated alkanes) is 2. The summed E-state index contributed by atoms with van der Waals surface area (Å²) in [5.41, 5.74) is 1.52. The molecule has 0 aliphatic carbocycles. The Morgan fingerprint density at radius 3 is 1.76 bits per heavy atom. The van der Waals surface area contributed by atoms with Gasteiger partial charge in [-0.3, -0.25) is 4.79 Å². The number of halogens is 1. The average Bonchev–Trinajstić information content (AvgIpc) is 3.09. The summed E-state index contributed by atoms with van der Waals surface area (Å²) in [7, 11) is 1.37. The van der Waals surface area contributed by atoms with Crippen molar-refractivity contribution in [3.05, 3.63) is 143 Å². The molecule has 2 N–H and O–H groups in total. The second kappa shape index (κ2) is 13.2. The van der Waals surface area contributed by atoms with Crippen LogP contribution < -0.4 is 26.1 Å². The van der Waals surface area contributed by atoms with Gasteiger partial charge in [0.1, 0.15) is 11.1 Å². The fraction of sp³-hybridized carbons (Fsp3) is 0.154. The Balaban J connectivity index is 1.20. The Labute approximate surface area is 276 Å². The molecule has 6 aromatic rings. The van der Waals surface area contributed by atoms with Crippen LogP contribution in [0.3, 0.4) is 0 Å². The molecule has 0 bridgehead atoms. The predicted octanol–water partition coefficient (Wildman–Crippen LogP) is 8.43. The number of hydrogen-bond acceptors (Lipinski definition) is 5. The van der Waals surface area contributed by atoms with E-state index in [0.717, 1.165) is 43.5 Å². The van der Waals surface area contributed by atoms with Crippen LogP contribution >= 0.6 is 20.8 Å². The molecule has 5 nitrogen and oxygen atoms in total. The van der Waals surface area contributed by atoms with Crippen molar-refractivity contribution in [3.8, 4) is 28.6 Å². The average molecular weight is 696 g/mol. The van der Waals surface area contributed by atoms with Gasteiger partial charge in [-0.25, -0.2) is 0 Å². The standard InChI is InChI=1S/C39H36BrO5P/c1-44-38-35(43)26-33(41)37-34(42)27-36(45-39(37)38)29-23-21-28(22-24-29)14-6-5-13-25-46(40,30-15-7-2-8-16-30,31-17-9-3-10-18-31)32-19-11-4-12-20-32/h2-4,7-12,15-24,26-27,41,43H,5-6,13-14,25H2,1H3. The zero-order chi connectivity index (χ0) is 32.2. The Morgan fingerprint density at radius 2 is 1.24 bits per heavy atom. The van der Waals surface area contributed by atoms with Gasteiger partial charge >= 0.3 is 222 Å². The van der Waals surface area contributed by atoms with E-state index in [9.17, 15) is 15.0 Å². The van der Waals surface area contributed by atoms with Crippen LogP contribution in [0, 0.1) is 0 Å². The second-order valence-corrected chi connectivity index (χ2v) is 20.6. The van der Waals surface area contributed by atoms with Crippen LogP contribution in [0.5, 0.6) is 17.2 Å². The third-order valence-electron chi connectivity index (χ3n) is 8.79. The zero-order valence-electron chi connectivity index (χ0n) is 25.6. The Kier molecular flexibility index (Phi) is 9.04. The van der Waals surface area contributed by atoms with Crippen LogP contribution in [0.2, 0.25) is 0 Å². The van der Waals surface area contributed by atoms with Crippen molar-refractivity contribution < 1.29 is 19.4 Å². The third-order valence-corrected chi connectivity index (χ3v) is 18.8. The topological polar surface area (TPSA) is 79.9 Å². The first-order valence-electron chi connectivity index (χ1n) is 15.4. The molecule has 0 atom stereocenters. The number of benzene rings is 5. The summed E-state index contributed by atoms with van der Waals surface area (Å²) in [4.78, 5) is 12.8. The van der Waals surface area contributed by atoms with Gasteiger partial charge in [0.25, 0.3) is 0 Å². The van der Waals surface area contributed by atoms with Crippen molar-refractivity contribution >= 4 is 47.7 Å². The van der Waals surface area contributed by atoms with Crippen molar-refractivity contribution in [3.63, 3.8) is 0 Å². The van der Waals surface area contributed by atoms with Crippen LogP contribution in [-0.4, -0.2) is 23.5 Å².